The van der Waals surface area contributed by atoms with Gasteiger partial charge in [-0.15, -0.1) is 0 Å². The van der Waals surface area contributed by atoms with Crippen molar-refractivity contribution < 1.29 is 18.0 Å². The Labute approximate surface area is 129 Å². The van der Waals surface area contributed by atoms with E-state index in [9.17, 15) is 18.0 Å². The highest BCUT2D eigenvalue weighted by Gasteiger charge is 2.46. The lowest BCUT2D eigenvalue weighted by Gasteiger charge is -2.31. The maximum absolute atomic E-state index is 12.6. The normalized spacial score (nSPS) is 21.3. The number of carbonyl (C=O) groups is 1. The summed E-state index contributed by atoms with van der Waals surface area (Å²) in [7, 11) is 0. The van der Waals surface area contributed by atoms with Gasteiger partial charge in [-0.3, -0.25) is 4.79 Å². The number of carbonyl (C=O) groups excluding carboxylic acids is 1. The maximum Gasteiger partial charge on any atom is 0.416 e. The van der Waals surface area contributed by atoms with E-state index in [-0.39, 0.29) is 29.8 Å². The monoisotopic (exact) mass is 313 g/mol. The molecular weight excluding hydrogens is 291 g/mol. The van der Waals surface area contributed by atoms with Gasteiger partial charge < -0.3 is 4.90 Å². The molecule has 1 amide bonds. The SMILES string of the molecule is CC(C)N(C(=O)C1CC1c1ccc(C(F)(F)F)cc1)C(C)C. The van der Waals surface area contributed by atoms with Gasteiger partial charge in [0.15, 0.2) is 0 Å². The van der Waals surface area contributed by atoms with Crippen LogP contribution in [0.5, 0.6) is 0 Å². The highest BCUT2D eigenvalue weighted by atomic mass is 19.4. The van der Waals surface area contributed by atoms with Crippen molar-refractivity contribution in [3.05, 3.63) is 35.4 Å². The molecule has 0 bridgehead atoms. The van der Waals surface area contributed by atoms with Gasteiger partial charge in [-0.25, -0.2) is 0 Å². The first-order valence-corrected chi connectivity index (χ1v) is 7.62. The van der Waals surface area contributed by atoms with Crippen LogP contribution in [0.25, 0.3) is 0 Å². The fraction of sp³-hybridized carbons (Fsp3) is 0.588. The van der Waals surface area contributed by atoms with Crippen LogP contribution in [-0.4, -0.2) is 22.9 Å². The summed E-state index contributed by atoms with van der Waals surface area (Å²) in [6.45, 7) is 7.92. The Bertz CT molecular complexity index is 526. The van der Waals surface area contributed by atoms with Crippen molar-refractivity contribution in [3.63, 3.8) is 0 Å². The summed E-state index contributed by atoms with van der Waals surface area (Å²) < 4.78 is 37.7. The zero-order valence-electron chi connectivity index (χ0n) is 13.3. The topological polar surface area (TPSA) is 20.3 Å². The highest BCUT2D eigenvalue weighted by molar-refractivity contribution is 5.83. The predicted octanol–water partition coefficient (Wildman–Crippen LogP) is 4.45. The number of hydrogen-bond donors (Lipinski definition) is 0. The Morgan fingerprint density at radius 1 is 1.09 bits per heavy atom. The molecule has 122 valence electrons. The molecule has 2 nitrogen and oxygen atoms in total. The highest BCUT2D eigenvalue weighted by Crippen LogP contribution is 2.49. The zero-order valence-corrected chi connectivity index (χ0v) is 13.3. The smallest absolute Gasteiger partial charge is 0.338 e. The van der Waals surface area contributed by atoms with Crippen molar-refractivity contribution in [1.29, 1.82) is 0 Å². The number of rotatable bonds is 4. The van der Waals surface area contributed by atoms with Crippen molar-refractivity contribution in [2.45, 2.75) is 58.3 Å². The largest absolute Gasteiger partial charge is 0.416 e. The summed E-state index contributed by atoms with van der Waals surface area (Å²) in [4.78, 5) is 14.4. The average molecular weight is 313 g/mol. The average Bonchev–Trinajstić information content (AvgIpc) is 3.17. The molecule has 0 spiro atoms. The molecule has 1 aliphatic rings. The summed E-state index contributed by atoms with van der Waals surface area (Å²) >= 11 is 0. The second kappa shape index (κ2) is 5.94. The number of amides is 1. The third kappa shape index (κ3) is 3.45. The van der Waals surface area contributed by atoms with Crippen LogP contribution >= 0.6 is 0 Å². The van der Waals surface area contributed by atoms with E-state index in [4.69, 9.17) is 0 Å². The minimum Gasteiger partial charge on any atom is -0.338 e. The van der Waals surface area contributed by atoms with Crippen LogP contribution < -0.4 is 0 Å². The van der Waals surface area contributed by atoms with Gasteiger partial charge in [-0.2, -0.15) is 13.2 Å². The van der Waals surface area contributed by atoms with Gasteiger partial charge in [0.05, 0.1) is 5.56 Å². The van der Waals surface area contributed by atoms with Crippen LogP contribution in [0.3, 0.4) is 0 Å². The maximum atomic E-state index is 12.6. The van der Waals surface area contributed by atoms with Crippen molar-refractivity contribution in [2.24, 2.45) is 5.92 Å². The van der Waals surface area contributed by atoms with Gasteiger partial charge in [-0.05, 0) is 57.7 Å². The van der Waals surface area contributed by atoms with Crippen molar-refractivity contribution in [3.8, 4) is 0 Å². The summed E-state index contributed by atoms with van der Waals surface area (Å²) in [6.07, 6.45) is -3.59. The molecule has 1 aromatic rings. The van der Waals surface area contributed by atoms with Crippen LogP contribution in [0, 0.1) is 5.92 Å². The quantitative estimate of drug-likeness (QED) is 0.804. The number of alkyl halides is 3. The standard InChI is InChI=1S/C17H22F3NO/c1-10(2)21(11(3)4)16(22)15-9-14(15)12-5-7-13(8-6-12)17(18,19)20/h5-8,10-11,14-15H,9H2,1-4H3. The van der Waals surface area contributed by atoms with Gasteiger partial charge in [0.25, 0.3) is 0 Å². The Morgan fingerprint density at radius 2 is 1.59 bits per heavy atom. The van der Waals surface area contributed by atoms with E-state index in [1.54, 1.807) is 0 Å². The number of nitrogens with zero attached hydrogens (tertiary/aromatic N) is 1. The number of halogens is 3. The van der Waals surface area contributed by atoms with E-state index in [2.05, 4.69) is 0 Å². The Hall–Kier alpha value is -1.52. The van der Waals surface area contributed by atoms with Crippen molar-refractivity contribution in [2.75, 3.05) is 0 Å². The molecule has 1 saturated carbocycles. The Kier molecular flexibility index (Phi) is 4.54. The number of hydrogen-bond acceptors (Lipinski definition) is 1. The molecule has 1 aromatic carbocycles. The second-order valence-corrected chi connectivity index (χ2v) is 6.50. The lowest BCUT2D eigenvalue weighted by Crippen LogP contribution is -2.43. The van der Waals surface area contributed by atoms with E-state index in [1.807, 2.05) is 32.6 Å². The summed E-state index contributed by atoms with van der Waals surface area (Å²) in [5, 5.41) is 0. The predicted molar refractivity (Wildman–Crippen MR) is 79.4 cm³/mol. The molecule has 2 unspecified atom stereocenters. The van der Waals surface area contributed by atoms with E-state index < -0.39 is 11.7 Å². The minimum atomic E-state index is -4.32. The molecule has 1 aliphatic carbocycles. The molecule has 0 saturated heterocycles. The van der Waals surface area contributed by atoms with Gasteiger partial charge in [-0.1, -0.05) is 12.1 Å². The van der Waals surface area contributed by atoms with Gasteiger partial charge in [0.2, 0.25) is 5.91 Å². The van der Waals surface area contributed by atoms with Crippen LogP contribution in [0.2, 0.25) is 0 Å². The van der Waals surface area contributed by atoms with Crippen LogP contribution in [-0.2, 0) is 11.0 Å². The fourth-order valence-electron chi connectivity index (χ4n) is 3.05. The first-order valence-electron chi connectivity index (χ1n) is 7.62. The third-order valence-corrected chi connectivity index (χ3v) is 4.14. The molecule has 1 fully saturated rings. The lowest BCUT2D eigenvalue weighted by molar-refractivity contribution is -0.138. The van der Waals surface area contributed by atoms with Crippen LogP contribution in [0.4, 0.5) is 13.2 Å². The summed E-state index contributed by atoms with van der Waals surface area (Å²) in [6, 6.07) is 5.43. The first-order chi connectivity index (χ1) is 10.1. The molecule has 0 heterocycles. The van der Waals surface area contributed by atoms with E-state index in [0.29, 0.717) is 0 Å². The van der Waals surface area contributed by atoms with E-state index in [1.165, 1.54) is 12.1 Å². The van der Waals surface area contributed by atoms with Crippen molar-refractivity contribution in [1.82, 2.24) is 4.90 Å². The summed E-state index contributed by atoms with van der Waals surface area (Å²) in [5.74, 6) is 0.0613. The third-order valence-electron chi connectivity index (χ3n) is 4.14. The number of benzene rings is 1. The molecule has 0 N–H and O–H groups in total. The minimum absolute atomic E-state index is 0.0507. The Balaban J connectivity index is 2.07. The van der Waals surface area contributed by atoms with Gasteiger partial charge >= 0.3 is 6.18 Å². The molecule has 0 radical (unpaired) electrons. The molecule has 22 heavy (non-hydrogen) atoms. The van der Waals surface area contributed by atoms with Crippen LogP contribution in [0.15, 0.2) is 24.3 Å². The lowest BCUT2D eigenvalue weighted by atomic mass is 10.1. The van der Waals surface area contributed by atoms with E-state index >= 15 is 0 Å². The van der Waals surface area contributed by atoms with Gasteiger partial charge in [0.1, 0.15) is 0 Å². The molecular formula is C17H22F3NO. The molecule has 0 aromatic heterocycles. The van der Waals surface area contributed by atoms with Crippen molar-refractivity contribution >= 4 is 5.91 Å². The van der Waals surface area contributed by atoms with E-state index in [0.717, 1.165) is 24.1 Å². The fourth-order valence-corrected chi connectivity index (χ4v) is 3.05. The first kappa shape index (κ1) is 16.8. The molecule has 2 rings (SSSR count). The molecule has 5 heteroatoms. The van der Waals surface area contributed by atoms with Crippen LogP contribution in [0.1, 0.15) is 51.2 Å². The molecule has 2 atom stereocenters. The van der Waals surface area contributed by atoms with Gasteiger partial charge in [0, 0.05) is 18.0 Å². The molecule has 0 aliphatic heterocycles. The Morgan fingerprint density at radius 3 is 2.00 bits per heavy atom. The second-order valence-electron chi connectivity index (χ2n) is 6.50. The zero-order chi connectivity index (χ0) is 16.7. The summed E-state index contributed by atoms with van der Waals surface area (Å²) in [5.41, 5.74) is 0.171.